The third kappa shape index (κ3) is 4.48. The molecule has 3 N–H and O–H groups in total. The van der Waals surface area contributed by atoms with Gasteiger partial charge in [0.05, 0.1) is 0 Å². The molecule has 0 spiro atoms. The largest absolute Gasteiger partial charge is 0.330 e. The van der Waals surface area contributed by atoms with Gasteiger partial charge < -0.3 is 5.73 Å². The van der Waals surface area contributed by atoms with Gasteiger partial charge in [0.25, 0.3) is 0 Å². The van der Waals surface area contributed by atoms with E-state index in [1.54, 1.807) is 12.1 Å². The number of rotatable bonds is 7. The number of unbranched alkanes of at least 4 members (excludes halogenated alkanes) is 1. The highest BCUT2D eigenvalue weighted by Gasteiger charge is 2.15. The minimum atomic E-state index is -3.38. The van der Waals surface area contributed by atoms with Crippen molar-refractivity contribution in [2.45, 2.75) is 23.5 Å². The molecule has 0 amide bonds. The molecule has 1 heterocycles. The summed E-state index contributed by atoms with van der Waals surface area (Å²) in [5, 5.41) is 0. The summed E-state index contributed by atoms with van der Waals surface area (Å²) in [5.41, 5.74) is 5.42. The van der Waals surface area contributed by atoms with Gasteiger partial charge in [-0.25, -0.2) is 13.1 Å². The highest BCUT2D eigenvalue weighted by molar-refractivity contribution is 7.91. The zero-order valence-corrected chi connectivity index (χ0v) is 11.1. The van der Waals surface area contributed by atoms with Crippen LogP contribution in [0.5, 0.6) is 0 Å². The van der Waals surface area contributed by atoms with Gasteiger partial charge >= 0.3 is 0 Å². The number of terminal acetylenes is 1. The Kier molecular flexibility index (Phi) is 5.65. The van der Waals surface area contributed by atoms with Crippen molar-refractivity contribution in [2.24, 2.45) is 5.73 Å². The van der Waals surface area contributed by atoms with Crippen molar-refractivity contribution in [2.75, 3.05) is 13.1 Å². The van der Waals surface area contributed by atoms with Gasteiger partial charge in [0.1, 0.15) is 4.21 Å². The molecule has 0 saturated heterocycles. The summed E-state index contributed by atoms with van der Waals surface area (Å²) < 4.78 is 26.5. The Balaban J connectivity index is 2.59. The van der Waals surface area contributed by atoms with Crippen LogP contribution in [-0.4, -0.2) is 21.5 Å². The Morgan fingerprint density at radius 2 is 2.24 bits per heavy atom. The van der Waals surface area contributed by atoms with Crippen molar-refractivity contribution in [1.29, 1.82) is 0 Å². The molecule has 0 aliphatic heterocycles. The smallest absolute Gasteiger partial charge is 0.250 e. The predicted molar refractivity (Wildman–Crippen MR) is 70.3 cm³/mol. The molecule has 0 saturated carbocycles. The number of sulfonamides is 1. The summed E-state index contributed by atoms with van der Waals surface area (Å²) in [7, 11) is -3.38. The average Bonchev–Trinajstić information content (AvgIpc) is 2.74. The fourth-order valence-electron chi connectivity index (χ4n) is 1.25. The topological polar surface area (TPSA) is 72.2 Å². The highest BCUT2D eigenvalue weighted by Crippen LogP contribution is 2.21. The predicted octanol–water partition coefficient (Wildman–Crippen LogP) is 0.941. The van der Waals surface area contributed by atoms with E-state index in [0.29, 0.717) is 36.6 Å². The molecule has 0 radical (unpaired) electrons. The summed E-state index contributed by atoms with van der Waals surface area (Å²) in [6.45, 7) is 0.895. The average molecular weight is 272 g/mol. The molecule has 1 rings (SSSR count). The van der Waals surface area contributed by atoms with Gasteiger partial charge in [0.2, 0.25) is 10.0 Å². The normalized spacial score (nSPS) is 11.3. The van der Waals surface area contributed by atoms with Crippen LogP contribution in [0.1, 0.15) is 17.7 Å². The van der Waals surface area contributed by atoms with Crippen LogP contribution in [0.4, 0.5) is 0 Å². The van der Waals surface area contributed by atoms with Crippen molar-refractivity contribution >= 4 is 21.4 Å². The van der Waals surface area contributed by atoms with E-state index < -0.39 is 10.0 Å². The Morgan fingerprint density at radius 1 is 1.47 bits per heavy atom. The fourth-order valence-corrected chi connectivity index (χ4v) is 3.74. The van der Waals surface area contributed by atoms with Gasteiger partial charge in [-0.3, -0.25) is 0 Å². The molecule has 1 aromatic heterocycles. The molecule has 4 nitrogen and oxygen atoms in total. The molecule has 1 aromatic rings. The number of nitrogens with one attached hydrogen (secondary N) is 1. The lowest BCUT2D eigenvalue weighted by Gasteiger charge is -2.02. The highest BCUT2D eigenvalue weighted by atomic mass is 32.2. The lowest BCUT2D eigenvalue weighted by molar-refractivity contribution is 0.582. The Labute approximate surface area is 106 Å². The first kappa shape index (κ1) is 14.2. The van der Waals surface area contributed by atoms with Crippen LogP contribution >= 0.6 is 11.3 Å². The van der Waals surface area contributed by atoms with Crippen LogP contribution in [0.25, 0.3) is 0 Å². The Hall–Kier alpha value is -0.870. The van der Waals surface area contributed by atoms with E-state index in [-0.39, 0.29) is 0 Å². The molecule has 6 heteroatoms. The summed E-state index contributed by atoms with van der Waals surface area (Å²) >= 11 is 1.26. The van der Waals surface area contributed by atoms with E-state index in [0.717, 1.165) is 4.88 Å². The molecule has 94 valence electrons. The third-order valence-corrected chi connectivity index (χ3v) is 5.18. The van der Waals surface area contributed by atoms with E-state index >= 15 is 0 Å². The molecule has 0 atom stereocenters. The molecule has 17 heavy (non-hydrogen) atoms. The third-order valence-electron chi connectivity index (χ3n) is 2.08. The van der Waals surface area contributed by atoms with E-state index in [1.165, 1.54) is 11.3 Å². The minimum Gasteiger partial charge on any atom is -0.330 e. The van der Waals surface area contributed by atoms with E-state index in [9.17, 15) is 8.42 Å². The first-order valence-corrected chi connectivity index (χ1v) is 7.62. The van der Waals surface area contributed by atoms with Crippen molar-refractivity contribution in [3.63, 3.8) is 0 Å². The summed E-state index contributed by atoms with van der Waals surface area (Å²) in [4.78, 5) is 0.983. The summed E-state index contributed by atoms with van der Waals surface area (Å²) in [5.74, 6) is 2.47. The maximum Gasteiger partial charge on any atom is 0.250 e. The van der Waals surface area contributed by atoms with Crippen LogP contribution in [0.2, 0.25) is 0 Å². The molecule has 0 aromatic carbocycles. The van der Waals surface area contributed by atoms with Gasteiger partial charge in [-0.15, -0.1) is 23.7 Å². The SMILES string of the molecule is C#CCCCNS(=O)(=O)c1ccc(CCN)s1. The minimum absolute atomic E-state index is 0.335. The van der Waals surface area contributed by atoms with Crippen molar-refractivity contribution < 1.29 is 8.42 Å². The fraction of sp³-hybridized carbons (Fsp3) is 0.455. The van der Waals surface area contributed by atoms with Crippen LogP contribution in [0.3, 0.4) is 0 Å². The second-order valence-corrected chi connectivity index (χ2v) is 6.63. The zero-order chi connectivity index (χ0) is 12.7. The maximum atomic E-state index is 11.8. The molecular weight excluding hydrogens is 256 g/mol. The number of thiophene rings is 1. The van der Waals surface area contributed by atoms with Crippen LogP contribution in [0.15, 0.2) is 16.3 Å². The van der Waals surface area contributed by atoms with Crippen molar-refractivity contribution in [1.82, 2.24) is 4.72 Å². The van der Waals surface area contributed by atoms with Gasteiger partial charge in [0.15, 0.2) is 0 Å². The molecular formula is C11H16N2O2S2. The first-order valence-electron chi connectivity index (χ1n) is 5.32. The van der Waals surface area contributed by atoms with Crippen molar-refractivity contribution in [3.8, 4) is 12.3 Å². The van der Waals surface area contributed by atoms with Gasteiger partial charge in [-0.2, -0.15) is 0 Å². The first-order chi connectivity index (χ1) is 8.10. The van der Waals surface area contributed by atoms with Gasteiger partial charge in [-0.05, 0) is 31.5 Å². The maximum absolute atomic E-state index is 11.8. The van der Waals surface area contributed by atoms with E-state index in [1.807, 2.05) is 0 Å². The Bertz CT molecular complexity index is 486. The van der Waals surface area contributed by atoms with Crippen LogP contribution in [-0.2, 0) is 16.4 Å². The summed E-state index contributed by atoms with van der Waals surface area (Å²) in [6, 6.07) is 3.41. The second-order valence-electron chi connectivity index (χ2n) is 3.46. The van der Waals surface area contributed by atoms with Crippen molar-refractivity contribution in [3.05, 3.63) is 17.0 Å². The zero-order valence-electron chi connectivity index (χ0n) is 9.48. The van der Waals surface area contributed by atoms with Gasteiger partial charge in [-0.1, -0.05) is 0 Å². The molecule has 0 bridgehead atoms. The lowest BCUT2D eigenvalue weighted by Crippen LogP contribution is -2.23. The van der Waals surface area contributed by atoms with E-state index in [4.69, 9.17) is 12.2 Å². The standard InChI is InChI=1S/C11H16N2O2S2/c1-2-3-4-9-13-17(14,15)11-6-5-10(16-11)7-8-12/h1,5-6,13H,3-4,7-9,12H2. The van der Waals surface area contributed by atoms with Crippen LogP contribution < -0.4 is 10.5 Å². The number of hydrogen-bond acceptors (Lipinski definition) is 4. The summed E-state index contributed by atoms with van der Waals surface area (Å²) in [6.07, 6.45) is 7.02. The Morgan fingerprint density at radius 3 is 2.88 bits per heavy atom. The lowest BCUT2D eigenvalue weighted by atomic mass is 10.3. The quantitative estimate of drug-likeness (QED) is 0.573. The molecule has 0 unspecified atom stereocenters. The molecule has 0 aliphatic rings. The van der Waals surface area contributed by atoms with Crippen LogP contribution in [0, 0.1) is 12.3 Å². The second kappa shape index (κ2) is 6.77. The molecule has 0 fully saturated rings. The van der Waals surface area contributed by atoms with E-state index in [2.05, 4.69) is 10.6 Å². The number of nitrogens with two attached hydrogens (primary N) is 1. The monoisotopic (exact) mass is 272 g/mol. The number of hydrogen-bond donors (Lipinski definition) is 2. The molecule has 0 aliphatic carbocycles. The van der Waals surface area contributed by atoms with Gasteiger partial charge in [0, 0.05) is 17.8 Å².